The van der Waals surface area contributed by atoms with Crippen molar-refractivity contribution in [2.24, 2.45) is 7.05 Å². The van der Waals surface area contributed by atoms with Crippen molar-refractivity contribution in [3.63, 3.8) is 0 Å². The van der Waals surface area contributed by atoms with Crippen molar-refractivity contribution in [3.05, 3.63) is 58.5 Å². The van der Waals surface area contributed by atoms with Crippen molar-refractivity contribution in [2.75, 3.05) is 20.1 Å². The third kappa shape index (κ3) is 4.43. The molecule has 0 aliphatic carbocycles. The average molecular weight is 439 g/mol. The molecule has 9 heteroatoms. The van der Waals surface area contributed by atoms with Crippen LogP contribution in [0.15, 0.2) is 47.4 Å². The van der Waals surface area contributed by atoms with Crippen LogP contribution >= 0.6 is 0 Å². The Morgan fingerprint density at radius 3 is 2.47 bits per heavy atom. The Labute approximate surface area is 182 Å². The maximum Gasteiger partial charge on any atom is 0.272 e. The van der Waals surface area contributed by atoms with E-state index in [4.69, 9.17) is 0 Å². The normalized spacial score (nSPS) is 16.0. The summed E-state index contributed by atoms with van der Waals surface area (Å²) >= 11 is 0. The van der Waals surface area contributed by atoms with Crippen LogP contribution in [0.2, 0.25) is 0 Å². The van der Waals surface area contributed by atoms with Gasteiger partial charge in [0, 0.05) is 54.9 Å². The molecule has 2 aromatic heterocycles. The van der Waals surface area contributed by atoms with Crippen molar-refractivity contribution in [1.29, 1.82) is 0 Å². The van der Waals surface area contributed by atoms with Crippen molar-refractivity contribution in [2.45, 2.75) is 18.8 Å². The van der Waals surface area contributed by atoms with Gasteiger partial charge in [0.15, 0.2) is 0 Å². The number of aromatic nitrogens is 4. The summed E-state index contributed by atoms with van der Waals surface area (Å²) in [6, 6.07) is 11.0. The van der Waals surface area contributed by atoms with Gasteiger partial charge in [-0.3, -0.25) is 14.3 Å². The zero-order valence-corrected chi connectivity index (χ0v) is 17.8. The zero-order chi connectivity index (χ0) is 22.9. The Balaban J connectivity index is 0.000000230. The van der Waals surface area contributed by atoms with Crippen molar-refractivity contribution < 1.29 is 13.6 Å². The number of nitrogens with zero attached hydrogens (tertiary/aromatic N) is 4. The summed E-state index contributed by atoms with van der Waals surface area (Å²) in [5.41, 5.74) is 2.99. The van der Waals surface area contributed by atoms with Gasteiger partial charge in [-0.15, -0.1) is 0 Å². The summed E-state index contributed by atoms with van der Waals surface area (Å²) in [5, 5.41) is 13.1. The van der Waals surface area contributed by atoms with Gasteiger partial charge in [-0.2, -0.15) is 10.2 Å². The lowest BCUT2D eigenvalue weighted by atomic mass is 10.0. The molecule has 1 aliphatic rings. The predicted molar refractivity (Wildman–Crippen MR) is 119 cm³/mol. The van der Waals surface area contributed by atoms with Gasteiger partial charge in [0.1, 0.15) is 12.0 Å². The molecule has 166 valence electrons. The molecule has 0 spiro atoms. The third-order valence-corrected chi connectivity index (χ3v) is 5.67. The number of hydrogen-bond acceptors (Lipinski definition) is 5. The second-order valence-corrected chi connectivity index (χ2v) is 8.03. The molecule has 1 saturated heterocycles. The van der Waals surface area contributed by atoms with Gasteiger partial charge < -0.3 is 4.90 Å². The summed E-state index contributed by atoms with van der Waals surface area (Å²) in [6.45, 7) is 1.07. The monoisotopic (exact) mass is 439 g/mol. The standard InChI is InChI=1S/C17H12N4O2.C6H11F2N/c1-21-15-6-10(9-22)2-4-14(15)16(20-21)11-3-5-13-12(7-11)8-18-19-17(13)23;1-9-4-2-6(7,8)3-5-9/h2-9H,1H3,(H,19,23);2-5H2,1H3. The largest absolute Gasteiger partial charge is 0.306 e. The molecule has 4 aromatic rings. The van der Waals surface area contributed by atoms with Gasteiger partial charge in [-0.05, 0) is 31.3 Å². The summed E-state index contributed by atoms with van der Waals surface area (Å²) < 4.78 is 26.5. The van der Waals surface area contributed by atoms with Gasteiger partial charge in [-0.25, -0.2) is 13.9 Å². The molecule has 1 aliphatic heterocycles. The number of nitrogens with one attached hydrogen (secondary N) is 1. The molecule has 0 unspecified atom stereocenters. The molecule has 0 saturated carbocycles. The first-order valence-electron chi connectivity index (χ1n) is 10.2. The topological polar surface area (TPSA) is 83.9 Å². The first-order chi connectivity index (χ1) is 15.3. The van der Waals surface area contributed by atoms with E-state index in [1.807, 2.05) is 43.3 Å². The summed E-state index contributed by atoms with van der Waals surface area (Å²) in [4.78, 5) is 24.6. The molecule has 1 fully saturated rings. The summed E-state index contributed by atoms with van der Waals surface area (Å²) in [5.74, 6) is -2.38. The van der Waals surface area contributed by atoms with Gasteiger partial charge in [-0.1, -0.05) is 12.1 Å². The molecule has 32 heavy (non-hydrogen) atoms. The number of hydrogen-bond donors (Lipinski definition) is 1. The third-order valence-electron chi connectivity index (χ3n) is 5.67. The Bertz CT molecular complexity index is 1340. The van der Waals surface area contributed by atoms with Crippen molar-refractivity contribution in [1.82, 2.24) is 24.9 Å². The van der Waals surface area contributed by atoms with Crippen LogP contribution in [-0.2, 0) is 7.05 Å². The maximum absolute atomic E-state index is 12.4. The van der Waals surface area contributed by atoms with Crippen LogP contribution in [0.3, 0.4) is 0 Å². The van der Waals surface area contributed by atoms with Gasteiger partial charge >= 0.3 is 0 Å². The summed E-state index contributed by atoms with van der Waals surface area (Å²) in [7, 11) is 3.71. The van der Waals surface area contributed by atoms with Crippen LogP contribution in [-0.4, -0.2) is 57.2 Å². The number of aryl methyl sites for hydroxylation is 1. The minimum absolute atomic E-state index is 0.0312. The Hall–Kier alpha value is -3.46. The summed E-state index contributed by atoms with van der Waals surface area (Å²) in [6.07, 6.45) is 2.50. The molecule has 3 heterocycles. The second kappa shape index (κ2) is 8.58. The van der Waals surface area contributed by atoms with Crippen LogP contribution in [0.4, 0.5) is 8.78 Å². The molecular formula is C23H23F2N5O2. The molecule has 0 atom stereocenters. The lowest BCUT2D eigenvalue weighted by Gasteiger charge is -2.28. The highest BCUT2D eigenvalue weighted by atomic mass is 19.3. The van der Waals surface area contributed by atoms with E-state index in [0.717, 1.165) is 33.8 Å². The zero-order valence-electron chi connectivity index (χ0n) is 17.8. The van der Waals surface area contributed by atoms with Gasteiger partial charge in [0.25, 0.3) is 11.5 Å². The number of alkyl halides is 2. The number of rotatable bonds is 2. The lowest BCUT2D eigenvalue weighted by Crippen LogP contribution is -2.36. The van der Waals surface area contributed by atoms with Crippen molar-refractivity contribution >= 4 is 28.0 Å². The van der Waals surface area contributed by atoms with Gasteiger partial charge in [0.2, 0.25) is 0 Å². The van der Waals surface area contributed by atoms with Crippen LogP contribution < -0.4 is 5.56 Å². The quantitative estimate of drug-likeness (QED) is 0.482. The maximum atomic E-state index is 12.4. The van der Waals surface area contributed by atoms with Crippen LogP contribution in [0, 0.1) is 0 Å². The number of carbonyl (C=O) groups is 1. The highest BCUT2D eigenvalue weighted by Crippen LogP contribution is 2.29. The molecule has 1 N–H and O–H groups in total. The van der Waals surface area contributed by atoms with E-state index in [1.165, 1.54) is 0 Å². The number of halogens is 2. The Kier molecular flexibility index (Phi) is 5.84. The predicted octanol–water partition coefficient (Wildman–Crippen LogP) is 3.64. The number of carbonyl (C=O) groups excluding carboxylic acids is 1. The number of fused-ring (bicyclic) bond motifs is 2. The molecule has 7 nitrogen and oxygen atoms in total. The van der Waals surface area contributed by atoms with E-state index in [-0.39, 0.29) is 18.4 Å². The highest BCUT2D eigenvalue weighted by Gasteiger charge is 2.32. The number of aldehydes is 1. The molecule has 0 radical (unpaired) electrons. The first-order valence-corrected chi connectivity index (χ1v) is 10.2. The lowest BCUT2D eigenvalue weighted by molar-refractivity contribution is -0.0504. The number of likely N-dealkylation sites (tertiary alicyclic amines) is 1. The first kappa shape index (κ1) is 21.8. The number of aromatic amines is 1. The van der Waals surface area contributed by atoms with E-state index >= 15 is 0 Å². The van der Waals surface area contributed by atoms with E-state index in [1.54, 1.807) is 23.0 Å². The van der Waals surface area contributed by atoms with Crippen LogP contribution in [0.5, 0.6) is 0 Å². The fourth-order valence-electron chi connectivity index (χ4n) is 3.75. The number of H-pyrrole nitrogens is 1. The van der Waals surface area contributed by atoms with Crippen LogP contribution in [0.25, 0.3) is 32.9 Å². The minimum Gasteiger partial charge on any atom is -0.306 e. The minimum atomic E-state index is -2.38. The van der Waals surface area contributed by atoms with Crippen LogP contribution in [0.1, 0.15) is 23.2 Å². The van der Waals surface area contributed by atoms with E-state index < -0.39 is 5.92 Å². The fourth-order valence-corrected chi connectivity index (χ4v) is 3.75. The average Bonchev–Trinajstić information content (AvgIpc) is 3.12. The highest BCUT2D eigenvalue weighted by molar-refractivity contribution is 5.98. The molecule has 0 amide bonds. The van der Waals surface area contributed by atoms with Gasteiger partial charge in [0.05, 0.1) is 17.1 Å². The SMILES string of the molecule is CN1CCC(F)(F)CC1.Cn1nc(-c2ccc3c(=O)[nH]ncc3c2)c2ccc(C=O)cc21. The Morgan fingerprint density at radius 1 is 1.06 bits per heavy atom. The number of piperidine rings is 1. The van der Waals surface area contributed by atoms with E-state index in [0.29, 0.717) is 24.0 Å². The second-order valence-electron chi connectivity index (χ2n) is 8.03. The van der Waals surface area contributed by atoms with E-state index in [2.05, 4.69) is 15.3 Å². The fraction of sp³-hybridized carbons (Fsp3) is 0.304. The molecular weight excluding hydrogens is 416 g/mol. The molecule has 5 rings (SSSR count). The van der Waals surface area contributed by atoms with Crippen molar-refractivity contribution in [3.8, 4) is 11.3 Å². The molecule has 0 bridgehead atoms. The molecule has 2 aromatic carbocycles. The number of benzene rings is 2. The van der Waals surface area contributed by atoms with E-state index in [9.17, 15) is 18.4 Å². The smallest absolute Gasteiger partial charge is 0.272 e. The Morgan fingerprint density at radius 2 is 1.78 bits per heavy atom.